The Morgan fingerprint density at radius 3 is 2.91 bits per heavy atom. The van der Waals surface area contributed by atoms with Crippen LogP contribution in [0.1, 0.15) is 38.4 Å². The third-order valence-corrected chi connectivity index (χ3v) is 3.42. The van der Waals surface area contributed by atoms with E-state index in [-0.39, 0.29) is 40.4 Å². The SMILES string of the molecule is [2H]CC([2H])(C)c1ccc2oc3nc(N)c(C(=O)O)cc3c(=O)c2c1. The summed E-state index contributed by atoms with van der Waals surface area (Å²) in [7, 11) is 0. The monoisotopic (exact) mass is 300 g/mol. The lowest BCUT2D eigenvalue weighted by Crippen LogP contribution is -2.09. The van der Waals surface area contributed by atoms with Crippen molar-refractivity contribution in [2.45, 2.75) is 19.7 Å². The number of anilines is 1. The molecule has 0 amide bonds. The summed E-state index contributed by atoms with van der Waals surface area (Å²) in [5, 5.41) is 9.32. The number of aromatic nitrogens is 1. The fraction of sp³-hybridized carbons (Fsp3) is 0.188. The maximum atomic E-state index is 12.7. The van der Waals surface area contributed by atoms with E-state index in [1.54, 1.807) is 13.0 Å². The highest BCUT2D eigenvalue weighted by Gasteiger charge is 2.16. The van der Waals surface area contributed by atoms with E-state index in [0.717, 1.165) is 6.07 Å². The van der Waals surface area contributed by atoms with Gasteiger partial charge in [-0.2, -0.15) is 4.98 Å². The molecule has 0 bridgehead atoms. The van der Waals surface area contributed by atoms with Crippen LogP contribution < -0.4 is 11.2 Å². The molecule has 1 unspecified atom stereocenters. The first-order valence-electron chi connectivity index (χ1n) is 7.65. The summed E-state index contributed by atoms with van der Waals surface area (Å²) in [6, 6.07) is 5.80. The fourth-order valence-corrected chi connectivity index (χ4v) is 2.23. The molecule has 0 fully saturated rings. The van der Waals surface area contributed by atoms with Crippen molar-refractivity contribution in [1.29, 1.82) is 0 Å². The van der Waals surface area contributed by atoms with Gasteiger partial charge in [-0.25, -0.2) is 4.79 Å². The predicted octanol–water partition coefficient (Wildman–Crippen LogP) is 2.75. The zero-order chi connectivity index (χ0) is 17.6. The summed E-state index contributed by atoms with van der Waals surface area (Å²) in [4.78, 5) is 27.7. The van der Waals surface area contributed by atoms with Gasteiger partial charge in [0.15, 0.2) is 0 Å². The van der Waals surface area contributed by atoms with Gasteiger partial charge in [0, 0.05) is 2.74 Å². The molecule has 3 aromatic rings. The lowest BCUT2D eigenvalue weighted by atomic mass is 10.0. The van der Waals surface area contributed by atoms with Crippen LogP contribution in [0.3, 0.4) is 0 Å². The Bertz CT molecular complexity index is 1040. The van der Waals surface area contributed by atoms with E-state index in [0.29, 0.717) is 5.56 Å². The van der Waals surface area contributed by atoms with Crippen molar-refractivity contribution < 1.29 is 17.1 Å². The molecule has 0 aliphatic heterocycles. The van der Waals surface area contributed by atoms with E-state index in [1.165, 1.54) is 12.1 Å². The molecule has 6 nitrogen and oxygen atoms in total. The molecule has 22 heavy (non-hydrogen) atoms. The average molecular weight is 300 g/mol. The van der Waals surface area contributed by atoms with Crippen LogP contribution in [0.15, 0.2) is 33.5 Å². The Kier molecular flexibility index (Phi) is 2.58. The Labute approximate surface area is 128 Å². The summed E-state index contributed by atoms with van der Waals surface area (Å²) < 4.78 is 21.1. The van der Waals surface area contributed by atoms with Crippen molar-refractivity contribution in [2.24, 2.45) is 0 Å². The van der Waals surface area contributed by atoms with Crippen LogP contribution in [-0.2, 0) is 0 Å². The van der Waals surface area contributed by atoms with E-state index < -0.39 is 17.3 Å². The minimum Gasteiger partial charge on any atom is -0.478 e. The Morgan fingerprint density at radius 2 is 2.23 bits per heavy atom. The molecule has 0 saturated heterocycles. The van der Waals surface area contributed by atoms with Gasteiger partial charge in [0.25, 0.3) is 0 Å². The highest BCUT2D eigenvalue weighted by molar-refractivity contribution is 5.98. The summed E-state index contributed by atoms with van der Waals surface area (Å²) in [6.45, 7) is 1.41. The molecule has 0 aliphatic rings. The van der Waals surface area contributed by atoms with Crippen LogP contribution >= 0.6 is 0 Å². The summed E-state index contributed by atoms with van der Waals surface area (Å²) in [6.07, 6.45) is 0. The summed E-state index contributed by atoms with van der Waals surface area (Å²) >= 11 is 0. The fourth-order valence-electron chi connectivity index (χ4n) is 2.23. The van der Waals surface area contributed by atoms with Crippen LogP contribution in [0.4, 0.5) is 5.82 Å². The first-order chi connectivity index (χ1) is 11.2. The van der Waals surface area contributed by atoms with Crippen molar-refractivity contribution in [2.75, 3.05) is 5.73 Å². The maximum absolute atomic E-state index is 12.7. The van der Waals surface area contributed by atoms with Crippen molar-refractivity contribution >= 4 is 33.9 Å². The first kappa shape index (κ1) is 11.7. The third kappa shape index (κ3) is 2.09. The quantitative estimate of drug-likeness (QED) is 0.705. The number of carboxylic acid groups (broad SMARTS) is 1. The molecule has 6 heteroatoms. The number of nitrogen functional groups attached to an aromatic ring is 1. The van der Waals surface area contributed by atoms with Gasteiger partial charge < -0.3 is 15.3 Å². The summed E-state index contributed by atoms with van der Waals surface area (Å²) in [5.41, 5.74) is 5.56. The minimum atomic E-state index is -1.29. The summed E-state index contributed by atoms with van der Waals surface area (Å²) in [5.74, 6) is -2.69. The molecule has 3 rings (SSSR count). The second-order valence-electron chi connectivity index (χ2n) is 5.00. The lowest BCUT2D eigenvalue weighted by Gasteiger charge is -2.07. The molecule has 3 N–H and O–H groups in total. The Balaban J connectivity index is 2.38. The molecular formula is C16H14N2O4. The van der Waals surface area contributed by atoms with Gasteiger partial charge in [-0.1, -0.05) is 19.9 Å². The second kappa shape index (κ2) is 4.84. The number of hydrogen-bond donors (Lipinski definition) is 2. The number of pyridine rings is 1. The van der Waals surface area contributed by atoms with E-state index in [4.69, 9.17) is 18.0 Å². The normalized spacial score (nSPS) is 15.3. The van der Waals surface area contributed by atoms with E-state index in [1.807, 2.05) is 0 Å². The standard InChI is InChI=1S/C16H14N2O4/c1-7(2)8-3-4-12-9(5-8)13(19)10-6-11(16(20)21)14(17)18-15(10)22-12/h3-7H,1-2H3,(H2,17,18)(H,20,21)/i1D,7D. The Morgan fingerprint density at radius 1 is 1.45 bits per heavy atom. The smallest absolute Gasteiger partial charge is 0.339 e. The van der Waals surface area contributed by atoms with Gasteiger partial charge in [0.1, 0.15) is 17.0 Å². The van der Waals surface area contributed by atoms with Gasteiger partial charge in [-0.15, -0.1) is 0 Å². The van der Waals surface area contributed by atoms with Crippen LogP contribution in [0.5, 0.6) is 0 Å². The molecule has 1 atom stereocenters. The molecular weight excluding hydrogens is 284 g/mol. The zero-order valence-corrected chi connectivity index (χ0v) is 11.7. The highest BCUT2D eigenvalue weighted by Crippen LogP contribution is 2.24. The highest BCUT2D eigenvalue weighted by atomic mass is 16.4. The number of hydrogen-bond acceptors (Lipinski definition) is 5. The van der Waals surface area contributed by atoms with E-state index in [2.05, 4.69) is 4.98 Å². The second-order valence-corrected chi connectivity index (χ2v) is 5.00. The first-order valence-corrected chi connectivity index (χ1v) is 6.44. The molecule has 0 saturated carbocycles. The van der Waals surface area contributed by atoms with Crippen molar-refractivity contribution in [3.63, 3.8) is 0 Å². The molecule has 1 aromatic carbocycles. The zero-order valence-electron chi connectivity index (χ0n) is 13.7. The number of carbonyl (C=O) groups is 1. The molecule has 0 spiro atoms. The van der Waals surface area contributed by atoms with Crippen LogP contribution in [0, 0.1) is 0 Å². The number of carboxylic acids is 1. The minimum absolute atomic E-state index is 0.00353. The number of nitrogens with zero attached hydrogens (tertiary/aromatic N) is 1. The van der Waals surface area contributed by atoms with E-state index in [9.17, 15) is 9.59 Å². The number of aromatic carboxylic acids is 1. The van der Waals surface area contributed by atoms with E-state index >= 15 is 0 Å². The van der Waals surface area contributed by atoms with Crippen LogP contribution in [0.25, 0.3) is 22.1 Å². The Hall–Kier alpha value is -2.89. The molecule has 112 valence electrons. The van der Waals surface area contributed by atoms with Gasteiger partial charge in [-0.3, -0.25) is 4.79 Å². The van der Waals surface area contributed by atoms with Crippen molar-refractivity contribution in [3.05, 3.63) is 45.6 Å². The number of nitrogens with two attached hydrogens (primary N) is 1. The molecule has 2 heterocycles. The van der Waals surface area contributed by atoms with Crippen molar-refractivity contribution in [3.8, 4) is 0 Å². The molecule has 0 radical (unpaired) electrons. The van der Waals surface area contributed by atoms with Crippen LogP contribution in [0.2, 0.25) is 0 Å². The van der Waals surface area contributed by atoms with Gasteiger partial charge >= 0.3 is 5.97 Å². The lowest BCUT2D eigenvalue weighted by molar-refractivity contribution is 0.0698. The number of fused-ring (bicyclic) bond motifs is 2. The maximum Gasteiger partial charge on any atom is 0.339 e. The number of benzene rings is 1. The topological polar surface area (TPSA) is 106 Å². The average Bonchev–Trinajstić information content (AvgIpc) is 2.54. The third-order valence-electron chi connectivity index (χ3n) is 3.42. The van der Waals surface area contributed by atoms with Crippen molar-refractivity contribution in [1.82, 2.24) is 4.98 Å². The molecule has 0 aliphatic carbocycles. The van der Waals surface area contributed by atoms with Gasteiger partial charge in [0.05, 0.1) is 10.8 Å². The predicted molar refractivity (Wildman–Crippen MR) is 83.2 cm³/mol. The molecule has 2 aromatic heterocycles. The van der Waals surface area contributed by atoms with Gasteiger partial charge in [0.2, 0.25) is 11.1 Å². The number of rotatable bonds is 2. The van der Waals surface area contributed by atoms with Crippen LogP contribution in [-0.4, -0.2) is 16.1 Å². The largest absolute Gasteiger partial charge is 0.478 e. The van der Waals surface area contributed by atoms with Gasteiger partial charge in [-0.05, 0) is 29.7 Å².